The molecule has 1 aliphatic rings. The van der Waals surface area contributed by atoms with E-state index >= 15 is 0 Å². The van der Waals surface area contributed by atoms with Gasteiger partial charge in [0.15, 0.2) is 5.06 Å². The second-order valence-corrected chi connectivity index (χ2v) is 9.72. The van der Waals surface area contributed by atoms with Crippen molar-refractivity contribution in [1.29, 1.82) is 0 Å². The van der Waals surface area contributed by atoms with Crippen molar-refractivity contribution in [3.05, 3.63) is 52.4 Å². The number of aliphatic hydroxyl groups excluding tert-OH is 1. The third-order valence-electron chi connectivity index (χ3n) is 6.33. The molecule has 2 aromatic rings. The van der Waals surface area contributed by atoms with Crippen LogP contribution in [0.4, 0.5) is 4.79 Å². The van der Waals surface area contributed by atoms with Crippen molar-refractivity contribution in [2.75, 3.05) is 7.11 Å². The maximum Gasteiger partial charge on any atom is 0.514 e. The van der Waals surface area contributed by atoms with Crippen LogP contribution < -0.4 is 4.74 Å². The van der Waals surface area contributed by atoms with E-state index in [0.29, 0.717) is 23.2 Å². The van der Waals surface area contributed by atoms with Crippen LogP contribution in [0, 0.1) is 5.92 Å². The van der Waals surface area contributed by atoms with Crippen LogP contribution in [0.1, 0.15) is 86.3 Å². The molecule has 0 bridgehead atoms. The normalized spacial score (nSPS) is 19.2. The minimum Gasteiger partial charge on any atom is -0.437 e. The van der Waals surface area contributed by atoms with Crippen LogP contribution in [-0.4, -0.2) is 24.2 Å². The van der Waals surface area contributed by atoms with E-state index < -0.39 is 12.3 Å². The fourth-order valence-corrected chi connectivity index (χ4v) is 5.46. The van der Waals surface area contributed by atoms with Gasteiger partial charge in [0.1, 0.15) is 5.78 Å². The van der Waals surface area contributed by atoms with Crippen molar-refractivity contribution in [2.45, 2.75) is 76.7 Å². The summed E-state index contributed by atoms with van der Waals surface area (Å²) in [7, 11) is 1.29. The number of unbranched alkanes of at least 4 members (excludes halogenated alkanes) is 2. The zero-order valence-corrected chi connectivity index (χ0v) is 19.9. The first-order valence-electron chi connectivity index (χ1n) is 11.7. The minimum absolute atomic E-state index is 0.0390. The monoisotopic (exact) mass is 458 g/mol. The maximum absolute atomic E-state index is 12.6. The molecule has 5 nitrogen and oxygen atoms in total. The first kappa shape index (κ1) is 24.5. The van der Waals surface area contributed by atoms with Gasteiger partial charge in [-0.1, -0.05) is 50.5 Å². The molecule has 1 aromatic carbocycles. The lowest BCUT2D eigenvalue weighted by molar-refractivity contribution is -0.119. The van der Waals surface area contributed by atoms with Crippen LogP contribution >= 0.6 is 11.3 Å². The number of ketones is 1. The topological polar surface area (TPSA) is 72.8 Å². The lowest BCUT2D eigenvalue weighted by Crippen LogP contribution is -2.13. The number of rotatable bonds is 11. The van der Waals surface area contributed by atoms with Crippen LogP contribution in [0.15, 0.2) is 36.4 Å². The molecule has 174 valence electrons. The van der Waals surface area contributed by atoms with Gasteiger partial charge in [0.05, 0.1) is 13.2 Å². The SMILES string of the molecule is CCCCCC(O)c1ccc([C@H]2C(=O)CC[C@@H]2CCCc2ccc(OC(=O)OC)s2)cc1. The van der Waals surface area contributed by atoms with Crippen LogP contribution in [0.2, 0.25) is 0 Å². The van der Waals surface area contributed by atoms with Gasteiger partial charge < -0.3 is 14.6 Å². The average molecular weight is 459 g/mol. The Morgan fingerprint density at radius 1 is 1.16 bits per heavy atom. The Hall–Kier alpha value is -2.18. The third kappa shape index (κ3) is 6.66. The number of thiophene rings is 1. The van der Waals surface area contributed by atoms with E-state index in [0.717, 1.165) is 67.4 Å². The highest BCUT2D eigenvalue weighted by Gasteiger charge is 2.35. The van der Waals surface area contributed by atoms with Crippen molar-refractivity contribution in [3.63, 3.8) is 0 Å². The molecule has 0 radical (unpaired) electrons. The quantitative estimate of drug-likeness (QED) is 0.304. The van der Waals surface area contributed by atoms with Gasteiger partial charge in [-0.15, -0.1) is 11.3 Å². The number of carbonyl (C=O) groups is 2. The van der Waals surface area contributed by atoms with E-state index in [1.807, 2.05) is 30.3 Å². The summed E-state index contributed by atoms with van der Waals surface area (Å²) >= 11 is 1.45. The maximum atomic E-state index is 12.6. The number of Topliss-reactive ketones (excluding diaryl/α,β-unsaturated/α-hetero) is 1. The van der Waals surface area contributed by atoms with Crippen LogP contribution in [-0.2, 0) is 16.0 Å². The van der Waals surface area contributed by atoms with Crippen LogP contribution in [0.5, 0.6) is 5.06 Å². The third-order valence-corrected chi connectivity index (χ3v) is 7.35. The van der Waals surface area contributed by atoms with Gasteiger partial charge in [-0.2, -0.15) is 0 Å². The van der Waals surface area contributed by atoms with Crippen molar-refractivity contribution in [1.82, 2.24) is 0 Å². The molecule has 6 heteroatoms. The van der Waals surface area contributed by atoms with Gasteiger partial charge in [-0.3, -0.25) is 4.79 Å². The molecule has 0 saturated heterocycles. The molecule has 1 aromatic heterocycles. The molecule has 1 fully saturated rings. The molecule has 1 unspecified atom stereocenters. The summed E-state index contributed by atoms with van der Waals surface area (Å²) in [6.45, 7) is 2.16. The predicted octanol–water partition coefficient (Wildman–Crippen LogP) is 6.59. The molecule has 0 amide bonds. The second-order valence-electron chi connectivity index (χ2n) is 8.59. The van der Waals surface area contributed by atoms with Crippen LogP contribution in [0.25, 0.3) is 0 Å². The van der Waals surface area contributed by atoms with E-state index in [9.17, 15) is 14.7 Å². The molecule has 1 N–H and O–H groups in total. The summed E-state index contributed by atoms with van der Waals surface area (Å²) < 4.78 is 9.58. The summed E-state index contributed by atoms with van der Waals surface area (Å²) in [4.78, 5) is 25.0. The standard InChI is InChI=1S/C26H34O5S/c1-3-4-5-9-22(27)18-10-12-20(13-11-18)25-19(14-16-23(25)28)7-6-8-21-15-17-24(32-21)31-26(29)30-2/h10-13,15,17,19,22,25,27H,3-9,14,16H2,1-2H3/t19-,22?,25-/m0/s1. The van der Waals surface area contributed by atoms with E-state index in [-0.39, 0.29) is 5.92 Å². The Labute approximate surface area is 194 Å². The number of hydrogen-bond acceptors (Lipinski definition) is 6. The number of carbonyl (C=O) groups excluding carboxylic acids is 2. The number of ether oxygens (including phenoxy) is 2. The molecular weight excluding hydrogens is 424 g/mol. The van der Waals surface area contributed by atoms with Crippen molar-refractivity contribution < 1.29 is 24.2 Å². The number of aryl methyl sites for hydroxylation is 1. The largest absolute Gasteiger partial charge is 0.514 e. The van der Waals surface area contributed by atoms with E-state index in [2.05, 4.69) is 11.7 Å². The molecule has 0 spiro atoms. The highest BCUT2D eigenvalue weighted by atomic mass is 32.1. The Morgan fingerprint density at radius 2 is 1.94 bits per heavy atom. The lowest BCUT2D eigenvalue weighted by Gasteiger charge is -2.20. The summed E-state index contributed by atoms with van der Waals surface area (Å²) in [6, 6.07) is 11.8. The van der Waals surface area contributed by atoms with E-state index in [1.165, 1.54) is 18.4 Å². The molecule has 1 aliphatic carbocycles. The number of methoxy groups -OCH3 is 1. The predicted molar refractivity (Wildman–Crippen MR) is 126 cm³/mol. The number of hydrogen-bond donors (Lipinski definition) is 1. The second kappa shape index (κ2) is 12.2. The van der Waals surface area contributed by atoms with Crippen molar-refractivity contribution in [2.24, 2.45) is 5.92 Å². The van der Waals surface area contributed by atoms with Gasteiger partial charge >= 0.3 is 6.16 Å². The fraction of sp³-hybridized carbons (Fsp3) is 0.538. The van der Waals surface area contributed by atoms with Gasteiger partial charge in [0.2, 0.25) is 0 Å². The minimum atomic E-state index is -0.704. The number of benzene rings is 1. The van der Waals surface area contributed by atoms with Crippen molar-refractivity contribution in [3.8, 4) is 5.06 Å². The summed E-state index contributed by atoms with van der Waals surface area (Å²) in [5.74, 6) is 0.646. The highest BCUT2D eigenvalue weighted by molar-refractivity contribution is 7.13. The van der Waals surface area contributed by atoms with Gasteiger partial charge in [0.25, 0.3) is 0 Å². The highest BCUT2D eigenvalue weighted by Crippen LogP contribution is 2.40. The Kier molecular flexibility index (Phi) is 9.30. The van der Waals surface area contributed by atoms with Gasteiger partial charge in [-0.05, 0) is 61.3 Å². The smallest absolute Gasteiger partial charge is 0.437 e. The summed E-state index contributed by atoms with van der Waals surface area (Å²) in [6.07, 6.45) is 7.42. The van der Waals surface area contributed by atoms with Crippen molar-refractivity contribution >= 4 is 23.3 Å². The number of aliphatic hydroxyl groups is 1. The van der Waals surface area contributed by atoms with E-state index in [4.69, 9.17) is 4.74 Å². The molecule has 1 heterocycles. The molecular formula is C26H34O5S. The summed E-state index contributed by atoms with van der Waals surface area (Å²) in [5, 5.41) is 10.9. The first-order valence-corrected chi connectivity index (χ1v) is 12.5. The Morgan fingerprint density at radius 3 is 2.66 bits per heavy atom. The lowest BCUT2D eigenvalue weighted by atomic mass is 9.84. The van der Waals surface area contributed by atoms with E-state index in [1.54, 1.807) is 6.07 Å². The summed E-state index contributed by atoms with van der Waals surface area (Å²) in [5.41, 5.74) is 2.02. The zero-order valence-electron chi connectivity index (χ0n) is 19.0. The molecule has 32 heavy (non-hydrogen) atoms. The first-order chi connectivity index (χ1) is 15.5. The average Bonchev–Trinajstić information content (AvgIpc) is 3.40. The fourth-order valence-electron chi connectivity index (χ4n) is 4.57. The molecule has 1 saturated carbocycles. The molecule has 3 rings (SSSR count). The van der Waals surface area contributed by atoms with Gasteiger partial charge in [-0.25, -0.2) is 4.79 Å². The Bertz CT molecular complexity index is 873. The van der Waals surface area contributed by atoms with Crippen LogP contribution in [0.3, 0.4) is 0 Å². The van der Waals surface area contributed by atoms with Gasteiger partial charge in [0, 0.05) is 17.2 Å². The Balaban J connectivity index is 1.53. The molecule has 0 aliphatic heterocycles. The zero-order chi connectivity index (χ0) is 22.9. The molecule has 3 atom stereocenters.